The molecule has 1 nitrogen and oxygen atoms in total. The minimum Gasteiger partial charge on any atom is -0.327 e. The van der Waals surface area contributed by atoms with Gasteiger partial charge in [0.1, 0.15) is 0 Å². The number of thioether (sulfide) groups is 1. The van der Waals surface area contributed by atoms with Gasteiger partial charge in [0.2, 0.25) is 0 Å². The molecule has 0 aromatic heterocycles. The number of hydrogen-bond donors (Lipinski definition) is 1. The summed E-state index contributed by atoms with van der Waals surface area (Å²) >= 11 is 1.98. The highest BCUT2D eigenvalue weighted by molar-refractivity contribution is 8.00. The Kier molecular flexibility index (Phi) is 6.88. The van der Waals surface area contributed by atoms with Crippen LogP contribution in [-0.4, -0.2) is 16.5 Å². The summed E-state index contributed by atoms with van der Waals surface area (Å²) in [5, 5.41) is 0. The van der Waals surface area contributed by atoms with Crippen molar-refractivity contribution in [2.75, 3.05) is 5.75 Å². The second-order valence-electron chi connectivity index (χ2n) is 5.51. The quantitative estimate of drug-likeness (QED) is 0.734. The highest BCUT2D eigenvalue weighted by Gasteiger charge is 2.12. The van der Waals surface area contributed by atoms with Crippen LogP contribution in [0.15, 0.2) is 0 Å². The predicted octanol–water partition coefficient (Wildman–Crippen LogP) is 3.67. The second kappa shape index (κ2) is 6.73. The van der Waals surface area contributed by atoms with Gasteiger partial charge in [-0.2, -0.15) is 11.8 Å². The van der Waals surface area contributed by atoms with E-state index in [2.05, 4.69) is 34.6 Å². The Labute approximate surface area is 94.2 Å². The minimum absolute atomic E-state index is 0.357. The lowest BCUT2D eigenvalue weighted by atomic mass is 10.0. The van der Waals surface area contributed by atoms with Crippen molar-refractivity contribution in [1.29, 1.82) is 0 Å². The zero-order valence-corrected chi connectivity index (χ0v) is 11.3. The van der Waals surface area contributed by atoms with Gasteiger partial charge in [0, 0.05) is 16.5 Å². The fourth-order valence-corrected chi connectivity index (χ4v) is 2.11. The maximum atomic E-state index is 6.05. The van der Waals surface area contributed by atoms with Gasteiger partial charge < -0.3 is 5.73 Å². The van der Waals surface area contributed by atoms with Crippen LogP contribution in [-0.2, 0) is 0 Å². The Balaban J connectivity index is 3.42. The van der Waals surface area contributed by atoms with Crippen LogP contribution >= 0.6 is 11.8 Å². The normalized spacial score (nSPS) is 14.8. The molecule has 0 spiro atoms. The average molecular weight is 217 g/mol. The molecule has 14 heavy (non-hydrogen) atoms. The van der Waals surface area contributed by atoms with Gasteiger partial charge in [-0.3, -0.25) is 0 Å². The van der Waals surface area contributed by atoms with E-state index in [1.807, 2.05) is 11.8 Å². The molecule has 0 aromatic carbocycles. The lowest BCUT2D eigenvalue weighted by Crippen LogP contribution is -2.25. The van der Waals surface area contributed by atoms with Gasteiger partial charge in [0.05, 0.1) is 0 Å². The molecule has 0 amide bonds. The van der Waals surface area contributed by atoms with Crippen LogP contribution < -0.4 is 5.73 Å². The van der Waals surface area contributed by atoms with Crippen LogP contribution in [0.1, 0.15) is 53.9 Å². The second-order valence-corrected chi connectivity index (χ2v) is 7.35. The molecule has 0 heterocycles. The van der Waals surface area contributed by atoms with E-state index in [9.17, 15) is 0 Å². The molecule has 1 atom stereocenters. The molecule has 0 bridgehead atoms. The third-order valence-electron chi connectivity index (χ3n) is 2.09. The Bertz CT molecular complexity index is 138. The fourth-order valence-electron chi connectivity index (χ4n) is 1.23. The predicted molar refractivity (Wildman–Crippen MR) is 68.9 cm³/mol. The van der Waals surface area contributed by atoms with Gasteiger partial charge in [0.15, 0.2) is 0 Å². The zero-order valence-electron chi connectivity index (χ0n) is 10.5. The molecule has 0 aliphatic rings. The van der Waals surface area contributed by atoms with E-state index >= 15 is 0 Å². The van der Waals surface area contributed by atoms with Gasteiger partial charge in [-0.25, -0.2) is 0 Å². The molecular weight excluding hydrogens is 190 g/mol. The summed E-state index contributed by atoms with van der Waals surface area (Å²) in [5.74, 6) is 1.92. The Morgan fingerprint density at radius 2 is 1.71 bits per heavy atom. The van der Waals surface area contributed by atoms with Gasteiger partial charge in [0.25, 0.3) is 0 Å². The molecule has 2 N–H and O–H groups in total. The van der Waals surface area contributed by atoms with Crippen molar-refractivity contribution < 1.29 is 0 Å². The van der Waals surface area contributed by atoms with Crippen molar-refractivity contribution in [1.82, 2.24) is 0 Å². The minimum atomic E-state index is 0.357. The molecular formula is C12H27NS. The van der Waals surface area contributed by atoms with E-state index in [4.69, 9.17) is 5.73 Å². The number of rotatable bonds is 6. The van der Waals surface area contributed by atoms with Crippen LogP contribution in [0.25, 0.3) is 0 Å². The highest BCUT2D eigenvalue weighted by atomic mass is 32.2. The van der Waals surface area contributed by atoms with Crippen LogP contribution in [0, 0.1) is 5.92 Å². The molecule has 86 valence electrons. The first-order valence-corrected chi connectivity index (χ1v) is 6.69. The van der Waals surface area contributed by atoms with Gasteiger partial charge >= 0.3 is 0 Å². The Hall–Kier alpha value is 0.310. The van der Waals surface area contributed by atoms with Crippen LogP contribution in [0.2, 0.25) is 0 Å². The summed E-state index contributed by atoms with van der Waals surface area (Å²) < 4.78 is 0.357. The lowest BCUT2D eigenvalue weighted by molar-refractivity contribution is 0.512. The Morgan fingerprint density at radius 1 is 1.14 bits per heavy atom. The largest absolute Gasteiger partial charge is 0.327 e. The summed E-state index contributed by atoms with van der Waals surface area (Å²) in [6.45, 7) is 11.3. The highest BCUT2D eigenvalue weighted by Crippen LogP contribution is 2.24. The molecule has 0 aliphatic carbocycles. The smallest absolute Gasteiger partial charge is 0.0130 e. The van der Waals surface area contributed by atoms with Crippen molar-refractivity contribution >= 4 is 11.8 Å². The molecule has 1 unspecified atom stereocenters. The molecule has 0 saturated carbocycles. The van der Waals surface area contributed by atoms with Crippen LogP contribution in [0.4, 0.5) is 0 Å². The van der Waals surface area contributed by atoms with E-state index < -0.39 is 0 Å². The summed E-state index contributed by atoms with van der Waals surface area (Å²) in [6.07, 6.45) is 3.78. The van der Waals surface area contributed by atoms with Gasteiger partial charge in [-0.15, -0.1) is 0 Å². The van der Waals surface area contributed by atoms with E-state index in [1.54, 1.807) is 0 Å². The fraction of sp³-hybridized carbons (Fsp3) is 1.00. The van der Waals surface area contributed by atoms with E-state index in [-0.39, 0.29) is 0 Å². The van der Waals surface area contributed by atoms with E-state index in [0.717, 1.165) is 11.7 Å². The summed E-state index contributed by atoms with van der Waals surface area (Å²) in [4.78, 5) is 0. The summed E-state index contributed by atoms with van der Waals surface area (Å²) in [5.41, 5.74) is 6.05. The van der Waals surface area contributed by atoms with Crippen molar-refractivity contribution in [3.63, 3.8) is 0 Å². The molecule has 0 saturated heterocycles. The van der Waals surface area contributed by atoms with Crippen molar-refractivity contribution in [2.24, 2.45) is 11.7 Å². The van der Waals surface area contributed by atoms with Gasteiger partial charge in [-0.05, 0) is 12.3 Å². The maximum Gasteiger partial charge on any atom is 0.0130 e. The molecule has 0 aromatic rings. The molecule has 0 rings (SSSR count). The lowest BCUT2D eigenvalue weighted by Gasteiger charge is -2.20. The van der Waals surface area contributed by atoms with E-state index in [1.165, 1.54) is 19.3 Å². The van der Waals surface area contributed by atoms with Crippen molar-refractivity contribution in [3.8, 4) is 0 Å². The SMILES string of the molecule is CC(C)CCCC(N)CSC(C)(C)C. The first-order valence-electron chi connectivity index (χ1n) is 5.71. The van der Waals surface area contributed by atoms with Crippen LogP contribution in [0.5, 0.6) is 0 Å². The molecule has 0 aliphatic heterocycles. The van der Waals surface area contributed by atoms with Crippen LogP contribution in [0.3, 0.4) is 0 Å². The zero-order chi connectivity index (χ0) is 11.2. The standard InChI is InChI=1S/C12H27NS/c1-10(2)7-6-8-11(13)9-14-12(3,4)5/h10-11H,6-9,13H2,1-5H3. The first-order chi connectivity index (χ1) is 6.31. The molecule has 0 radical (unpaired) electrons. The van der Waals surface area contributed by atoms with Crippen molar-refractivity contribution in [2.45, 2.75) is 64.7 Å². The Morgan fingerprint density at radius 3 is 2.14 bits per heavy atom. The third-order valence-corrected chi connectivity index (χ3v) is 3.55. The molecule has 0 fully saturated rings. The number of nitrogens with two attached hydrogens (primary N) is 1. The van der Waals surface area contributed by atoms with E-state index in [0.29, 0.717) is 10.8 Å². The summed E-state index contributed by atoms with van der Waals surface area (Å²) in [7, 11) is 0. The topological polar surface area (TPSA) is 26.0 Å². The van der Waals surface area contributed by atoms with Gasteiger partial charge in [-0.1, -0.05) is 47.5 Å². The monoisotopic (exact) mass is 217 g/mol. The third kappa shape index (κ3) is 10.4. The summed E-state index contributed by atoms with van der Waals surface area (Å²) in [6, 6.07) is 0.387. The van der Waals surface area contributed by atoms with Crippen molar-refractivity contribution in [3.05, 3.63) is 0 Å². The first kappa shape index (κ1) is 14.3. The molecule has 2 heteroatoms. The maximum absolute atomic E-state index is 6.05. The number of hydrogen-bond acceptors (Lipinski definition) is 2. The average Bonchev–Trinajstić information content (AvgIpc) is 1.99.